The van der Waals surface area contributed by atoms with E-state index in [1.807, 2.05) is 32.0 Å². The molecule has 0 unspecified atom stereocenters. The van der Waals surface area contributed by atoms with Gasteiger partial charge in [0.15, 0.2) is 5.65 Å². The van der Waals surface area contributed by atoms with E-state index in [4.69, 9.17) is 0 Å². The van der Waals surface area contributed by atoms with Gasteiger partial charge in [-0.3, -0.25) is 0 Å². The van der Waals surface area contributed by atoms with Crippen LogP contribution in [0.15, 0.2) is 30.5 Å². The van der Waals surface area contributed by atoms with Gasteiger partial charge in [0, 0.05) is 6.42 Å². The van der Waals surface area contributed by atoms with Crippen molar-refractivity contribution in [1.82, 2.24) is 14.6 Å². The minimum absolute atomic E-state index is 0.0777. The number of aliphatic hydroxyl groups is 1. The summed E-state index contributed by atoms with van der Waals surface area (Å²) < 4.78 is 28.0. The predicted molar refractivity (Wildman–Crippen MR) is 95.5 cm³/mol. The van der Waals surface area contributed by atoms with E-state index in [1.54, 1.807) is 0 Å². The number of aliphatic hydroxyl groups excluding tert-OH is 1. The van der Waals surface area contributed by atoms with Crippen molar-refractivity contribution in [3.05, 3.63) is 63.4 Å². The van der Waals surface area contributed by atoms with E-state index in [2.05, 4.69) is 10.1 Å². The van der Waals surface area contributed by atoms with Crippen LogP contribution in [0.3, 0.4) is 0 Å². The molecule has 4 nitrogen and oxygen atoms in total. The van der Waals surface area contributed by atoms with Gasteiger partial charge in [0.1, 0.15) is 11.5 Å². The second-order valence-electron chi connectivity index (χ2n) is 6.81. The van der Waals surface area contributed by atoms with Crippen LogP contribution in [-0.2, 0) is 6.42 Å². The molecule has 26 heavy (non-hydrogen) atoms. The highest BCUT2D eigenvalue weighted by molar-refractivity contribution is 5.59. The molecule has 0 amide bonds. The quantitative estimate of drug-likeness (QED) is 0.785. The molecule has 4 rings (SSSR count). The molecule has 2 heterocycles. The second kappa shape index (κ2) is 6.20. The molecule has 1 aromatic carbocycles. The summed E-state index contributed by atoms with van der Waals surface area (Å²) in [6.45, 7) is 4.04. The molecule has 1 N–H and O–H groups in total. The zero-order valence-electron chi connectivity index (χ0n) is 14.6. The van der Waals surface area contributed by atoms with Gasteiger partial charge in [0.2, 0.25) is 0 Å². The third kappa shape index (κ3) is 2.96. The molecule has 0 aliphatic heterocycles. The smallest absolute Gasteiger partial charge is 0.280 e. The standard InChI is InChI=1S/C20H19F2N3O/c1-11-3-4-13(7-12(11)2)8-18(26)15-10-23-25-17(19(21)22)9-16(14-5-6-14)24-20(15)25/h3-4,7,9-10,19,26H,5-6,8H2,1-2H3. The number of fused-ring (bicyclic) bond motifs is 1. The Labute approximate surface area is 149 Å². The SMILES string of the molecule is Cc1ccc(CC(O)=c2cnn3c(C(F)F)cc(=C4CC4)nc23)cc1C. The summed E-state index contributed by atoms with van der Waals surface area (Å²) >= 11 is 0. The van der Waals surface area contributed by atoms with E-state index >= 15 is 0 Å². The molecule has 0 bridgehead atoms. The Kier molecular flexibility index (Phi) is 3.98. The lowest BCUT2D eigenvalue weighted by Crippen LogP contribution is -2.18. The normalized spacial score (nSPS) is 15.0. The molecule has 1 aliphatic rings. The van der Waals surface area contributed by atoms with Crippen molar-refractivity contribution in [2.75, 3.05) is 0 Å². The topological polar surface area (TPSA) is 50.4 Å². The lowest BCUT2D eigenvalue weighted by Gasteiger charge is -2.05. The van der Waals surface area contributed by atoms with E-state index < -0.39 is 6.43 Å². The Morgan fingerprint density at radius 1 is 1.19 bits per heavy atom. The summed E-state index contributed by atoms with van der Waals surface area (Å²) in [5.74, 6) is 0.0777. The van der Waals surface area contributed by atoms with E-state index in [9.17, 15) is 13.9 Å². The maximum absolute atomic E-state index is 13.4. The van der Waals surface area contributed by atoms with E-state index in [-0.39, 0.29) is 17.1 Å². The third-order valence-corrected chi connectivity index (χ3v) is 4.84. The van der Waals surface area contributed by atoms with Gasteiger partial charge in [-0.2, -0.15) is 5.10 Å². The minimum atomic E-state index is -2.66. The first-order chi connectivity index (χ1) is 12.4. The van der Waals surface area contributed by atoms with E-state index in [1.165, 1.54) is 17.8 Å². The number of alkyl halides is 2. The van der Waals surface area contributed by atoms with Gasteiger partial charge in [-0.05, 0) is 55.0 Å². The van der Waals surface area contributed by atoms with Crippen molar-refractivity contribution in [3.8, 4) is 0 Å². The Morgan fingerprint density at radius 3 is 2.62 bits per heavy atom. The molecule has 1 saturated carbocycles. The molecule has 0 atom stereocenters. The van der Waals surface area contributed by atoms with Crippen LogP contribution >= 0.6 is 0 Å². The molecule has 3 aromatic rings. The van der Waals surface area contributed by atoms with Gasteiger partial charge in [-0.15, -0.1) is 0 Å². The van der Waals surface area contributed by atoms with E-state index in [0.29, 0.717) is 17.0 Å². The summed E-state index contributed by atoms with van der Waals surface area (Å²) in [4.78, 5) is 4.48. The van der Waals surface area contributed by atoms with Gasteiger partial charge in [0.05, 0.1) is 16.8 Å². The van der Waals surface area contributed by atoms with Gasteiger partial charge >= 0.3 is 0 Å². The summed E-state index contributed by atoms with van der Waals surface area (Å²) in [6, 6.07) is 7.37. The number of hydrogen-bond acceptors (Lipinski definition) is 3. The number of hydrogen-bond donors (Lipinski definition) is 1. The molecule has 0 saturated heterocycles. The first kappa shape index (κ1) is 16.7. The van der Waals surface area contributed by atoms with Gasteiger partial charge in [-0.25, -0.2) is 18.3 Å². The summed E-state index contributed by atoms with van der Waals surface area (Å²) in [5, 5.41) is 15.6. The predicted octanol–water partition coefficient (Wildman–Crippen LogP) is 3.14. The zero-order chi connectivity index (χ0) is 18.4. The highest BCUT2D eigenvalue weighted by Gasteiger charge is 2.19. The summed E-state index contributed by atoms with van der Waals surface area (Å²) in [7, 11) is 0. The first-order valence-electron chi connectivity index (χ1n) is 8.57. The zero-order valence-corrected chi connectivity index (χ0v) is 14.6. The molecule has 1 fully saturated rings. The molecule has 0 spiro atoms. The Balaban J connectivity index is 1.89. The van der Waals surface area contributed by atoms with Gasteiger partial charge in [0.25, 0.3) is 6.43 Å². The average molecular weight is 355 g/mol. The number of aryl methyl sites for hydroxylation is 2. The Morgan fingerprint density at radius 2 is 1.96 bits per heavy atom. The molecular weight excluding hydrogens is 336 g/mol. The van der Waals surface area contributed by atoms with Crippen molar-refractivity contribution < 1.29 is 13.9 Å². The molecule has 1 aliphatic carbocycles. The number of rotatable bonds is 3. The van der Waals surface area contributed by atoms with Gasteiger partial charge in [-0.1, -0.05) is 18.2 Å². The number of benzene rings is 1. The van der Waals surface area contributed by atoms with Crippen molar-refractivity contribution in [2.45, 2.75) is 39.5 Å². The highest BCUT2D eigenvalue weighted by Crippen LogP contribution is 2.28. The maximum atomic E-state index is 13.4. The first-order valence-corrected chi connectivity index (χ1v) is 8.57. The Hall–Kier alpha value is -2.76. The van der Waals surface area contributed by atoms with Gasteiger partial charge < -0.3 is 5.11 Å². The van der Waals surface area contributed by atoms with Crippen molar-refractivity contribution >= 4 is 17.0 Å². The lowest BCUT2D eigenvalue weighted by molar-refractivity contribution is 0.143. The van der Waals surface area contributed by atoms with Crippen molar-refractivity contribution in [1.29, 1.82) is 0 Å². The fraction of sp³-hybridized carbons (Fsp3) is 0.300. The maximum Gasteiger partial charge on any atom is 0.280 e. The van der Waals surface area contributed by atoms with Crippen LogP contribution in [0.4, 0.5) is 8.78 Å². The molecule has 0 radical (unpaired) electrons. The molecule has 134 valence electrons. The minimum Gasteiger partial charge on any atom is -0.511 e. The van der Waals surface area contributed by atoms with Crippen LogP contribution in [0.1, 0.15) is 41.7 Å². The number of halogens is 2. The van der Waals surface area contributed by atoms with Crippen LogP contribution in [0.25, 0.3) is 17.0 Å². The largest absolute Gasteiger partial charge is 0.511 e. The van der Waals surface area contributed by atoms with Crippen LogP contribution in [0.5, 0.6) is 0 Å². The molecule has 6 heteroatoms. The van der Waals surface area contributed by atoms with Crippen molar-refractivity contribution in [2.24, 2.45) is 0 Å². The summed E-state index contributed by atoms with van der Waals surface area (Å²) in [6.07, 6.45) is 0.815. The lowest BCUT2D eigenvalue weighted by atomic mass is 10.0. The monoisotopic (exact) mass is 355 g/mol. The van der Waals surface area contributed by atoms with E-state index in [0.717, 1.165) is 34.1 Å². The van der Waals surface area contributed by atoms with Crippen LogP contribution < -0.4 is 10.6 Å². The van der Waals surface area contributed by atoms with Crippen LogP contribution in [0, 0.1) is 13.8 Å². The second-order valence-corrected chi connectivity index (χ2v) is 6.81. The van der Waals surface area contributed by atoms with Crippen LogP contribution in [-0.4, -0.2) is 19.7 Å². The number of aromatic nitrogens is 3. The van der Waals surface area contributed by atoms with Crippen molar-refractivity contribution in [3.63, 3.8) is 0 Å². The fourth-order valence-corrected chi connectivity index (χ4v) is 3.05. The molecular formula is C20H19F2N3O. The Bertz CT molecular complexity index is 1130. The fourth-order valence-electron chi connectivity index (χ4n) is 3.05. The van der Waals surface area contributed by atoms with Crippen LogP contribution in [0.2, 0.25) is 0 Å². The molecule has 2 aromatic heterocycles. The third-order valence-electron chi connectivity index (χ3n) is 4.84. The number of nitrogens with zero attached hydrogens (tertiary/aromatic N) is 3. The average Bonchev–Trinajstić information content (AvgIpc) is 3.36. The highest BCUT2D eigenvalue weighted by atomic mass is 19.3. The summed E-state index contributed by atoms with van der Waals surface area (Å²) in [5.41, 5.74) is 4.41.